The highest BCUT2D eigenvalue weighted by molar-refractivity contribution is 6.32. The largest absolute Gasteiger partial charge is 0.437 e. The molecular formula is C12H9Cl2N3O3. The van der Waals surface area contributed by atoms with Gasteiger partial charge in [-0.15, -0.1) is 0 Å². The zero-order chi connectivity index (χ0) is 14.9. The van der Waals surface area contributed by atoms with Gasteiger partial charge in [-0.05, 0) is 19.9 Å². The van der Waals surface area contributed by atoms with E-state index in [2.05, 4.69) is 9.97 Å². The van der Waals surface area contributed by atoms with Gasteiger partial charge in [0.05, 0.1) is 16.0 Å². The first-order chi connectivity index (χ1) is 9.38. The lowest BCUT2D eigenvalue weighted by Gasteiger charge is -2.10. The van der Waals surface area contributed by atoms with E-state index >= 15 is 0 Å². The summed E-state index contributed by atoms with van der Waals surface area (Å²) in [6.45, 7) is 3.34. The van der Waals surface area contributed by atoms with Crippen molar-refractivity contribution in [3.05, 3.63) is 49.9 Å². The van der Waals surface area contributed by atoms with Gasteiger partial charge in [0.15, 0.2) is 5.75 Å². The molecule has 0 radical (unpaired) electrons. The Morgan fingerprint density at radius 2 is 1.95 bits per heavy atom. The number of nitro groups is 1. The van der Waals surface area contributed by atoms with E-state index in [1.54, 1.807) is 13.8 Å². The number of ether oxygens (including phenoxy) is 1. The number of aromatic nitrogens is 2. The van der Waals surface area contributed by atoms with Gasteiger partial charge in [0, 0.05) is 11.6 Å². The molecule has 6 nitrogen and oxygen atoms in total. The minimum atomic E-state index is -0.533. The molecule has 20 heavy (non-hydrogen) atoms. The number of aryl methyl sites for hydroxylation is 1. The predicted molar refractivity (Wildman–Crippen MR) is 74.7 cm³/mol. The van der Waals surface area contributed by atoms with Gasteiger partial charge < -0.3 is 4.74 Å². The fraction of sp³-hybridized carbons (Fsp3) is 0.167. The quantitative estimate of drug-likeness (QED) is 0.484. The summed E-state index contributed by atoms with van der Waals surface area (Å²) < 4.78 is 5.52. The second-order valence-electron chi connectivity index (χ2n) is 3.97. The van der Waals surface area contributed by atoms with Crippen LogP contribution < -0.4 is 4.74 Å². The van der Waals surface area contributed by atoms with E-state index in [0.717, 1.165) is 0 Å². The molecule has 1 aromatic heterocycles. The minimum absolute atomic E-state index is 0.126. The maximum Gasteiger partial charge on any atom is 0.273 e. The molecule has 0 saturated heterocycles. The smallest absolute Gasteiger partial charge is 0.273 e. The minimum Gasteiger partial charge on any atom is -0.437 e. The van der Waals surface area contributed by atoms with Crippen LogP contribution in [0.2, 0.25) is 10.2 Å². The van der Waals surface area contributed by atoms with Gasteiger partial charge >= 0.3 is 0 Å². The molecule has 0 aliphatic carbocycles. The Labute approximate surface area is 124 Å². The van der Waals surface area contributed by atoms with Crippen molar-refractivity contribution in [1.82, 2.24) is 9.97 Å². The van der Waals surface area contributed by atoms with E-state index in [1.807, 2.05) is 0 Å². The molecule has 0 saturated carbocycles. The maximum absolute atomic E-state index is 10.8. The molecule has 1 aromatic carbocycles. The van der Waals surface area contributed by atoms with E-state index in [4.69, 9.17) is 27.9 Å². The molecule has 0 atom stereocenters. The van der Waals surface area contributed by atoms with Gasteiger partial charge in [0.25, 0.3) is 5.69 Å². The molecule has 0 aliphatic rings. The number of benzene rings is 1. The van der Waals surface area contributed by atoms with Crippen LogP contribution >= 0.6 is 23.2 Å². The first kappa shape index (κ1) is 14.5. The van der Waals surface area contributed by atoms with Crippen LogP contribution in [0.5, 0.6) is 11.6 Å². The van der Waals surface area contributed by atoms with Crippen LogP contribution in [0, 0.1) is 24.0 Å². The predicted octanol–water partition coefficient (Wildman–Crippen LogP) is 4.10. The van der Waals surface area contributed by atoms with Crippen molar-refractivity contribution >= 4 is 28.9 Å². The highest BCUT2D eigenvalue weighted by Gasteiger charge is 2.15. The number of non-ortho nitro benzene ring substituents is 1. The lowest BCUT2D eigenvalue weighted by molar-refractivity contribution is -0.384. The average molecular weight is 314 g/mol. The standard InChI is InChI=1S/C12H9Cl2N3O3/c1-6-11(14)15-7(2)16-12(6)20-10-5-8(17(18)19)3-4-9(10)13/h3-5H,1-2H3. The van der Waals surface area contributed by atoms with E-state index in [-0.39, 0.29) is 27.5 Å². The normalized spacial score (nSPS) is 10.4. The molecule has 1 heterocycles. The molecule has 0 spiro atoms. The number of halogens is 2. The van der Waals surface area contributed by atoms with E-state index in [1.165, 1.54) is 18.2 Å². The lowest BCUT2D eigenvalue weighted by atomic mass is 10.3. The summed E-state index contributed by atoms with van der Waals surface area (Å²) in [6.07, 6.45) is 0. The highest BCUT2D eigenvalue weighted by Crippen LogP contribution is 2.34. The zero-order valence-corrected chi connectivity index (χ0v) is 12.1. The number of hydrogen-bond donors (Lipinski definition) is 0. The molecule has 0 N–H and O–H groups in total. The Balaban J connectivity index is 2.44. The van der Waals surface area contributed by atoms with E-state index < -0.39 is 4.92 Å². The summed E-state index contributed by atoms with van der Waals surface area (Å²) >= 11 is 11.9. The van der Waals surface area contributed by atoms with Crippen LogP contribution in [-0.4, -0.2) is 14.9 Å². The monoisotopic (exact) mass is 313 g/mol. The third kappa shape index (κ3) is 2.97. The Morgan fingerprint density at radius 3 is 2.60 bits per heavy atom. The number of rotatable bonds is 3. The van der Waals surface area contributed by atoms with E-state index in [0.29, 0.717) is 11.4 Å². The topological polar surface area (TPSA) is 78.2 Å². The zero-order valence-electron chi connectivity index (χ0n) is 10.6. The van der Waals surface area contributed by atoms with Crippen molar-refractivity contribution in [3.63, 3.8) is 0 Å². The summed E-state index contributed by atoms with van der Waals surface area (Å²) in [7, 11) is 0. The summed E-state index contributed by atoms with van der Waals surface area (Å²) in [5.74, 6) is 0.778. The van der Waals surface area contributed by atoms with Gasteiger partial charge in [-0.1, -0.05) is 23.2 Å². The summed E-state index contributed by atoms with van der Waals surface area (Å²) in [5, 5.41) is 11.2. The molecular weight excluding hydrogens is 305 g/mol. The Kier molecular flexibility index (Phi) is 4.06. The van der Waals surface area contributed by atoms with Gasteiger partial charge in [0.1, 0.15) is 11.0 Å². The number of nitro benzene ring substituents is 1. The third-order valence-electron chi connectivity index (χ3n) is 2.49. The summed E-state index contributed by atoms with van der Waals surface area (Å²) in [5.41, 5.74) is 0.402. The Hall–Kier alpha value is -1.92. The second-order valence-corrected chi connectivity index (χ2v) is 4.73. The fourth-order valence-electron chi connectivity index (χ4n) is 1.46. The van der Waals surface area contributed by atoms with Crippen LogP contribution in [0.3, 0.4) is 0 Å². The Morgan fingerprint density at radius 1 is 1.25 bits per heavy atom. The summed E-state index contributed by atoms with van der Waals surface area (Å²) in [4.78, 5) is 18.3. The molecule has 2 rings (SSSR count). The molecule has 104 valence electrons. The molecule has 8 heteroatoms. The van der Waals surface area contributed by atoms with Crippen LogP contribution in [0.15, 0.2) is 18.2 Å². The lowest BCUT2D eigenvalue weighted by Crippen LogP contribution is -1.98. The van der Waals surface area contributed by atoms with Crippen LogP contribution in [0.4, 0.5) is 5.69 Å². The Bertz CT molecular complexity index is 692. The van der Waals surface area contributed by atoms with Crippen molar-refractivity contribution in [2.45, 2.75) is 13.8 Å². The maximum atomic E-state index is 10.8. The second kappa shape index (κ2) is 5.60. The molecule has 2 aromatic rings. The molecule has 0 unspecified atom stereocenters. The van der Waals surface area contributed by atoms with Crippen molar-refractivity contribution in [3.8, 4) is 11.6 Å². The van der Waals surface area contributed by atoms with Gasteiger partial charge in [0.2, 0.25) is 5.88 Å². The number of nitrogens with zero attached hydrogens (tertiary/aromatic N) is 3. The first-order valence-electron chi connectivity index (χ1n) is 5.51. The SMILES string of the molecule is Cc1nc(Cl)c(C)c(Oc2cc([N+](=O)[O-])ccc2Cl)n1. The highest BCUT2D eigenvalue weighted by atomic mass is 35.5. The average Bonchev–Trinajstić information content (AvgIpc) is 2.37. The van der Waals surface area contributed by atoms with Crippen molar-refractivity contribution in [2.75, 3.05) is 0 Å². The first-order valence-corrected chi connectivity index (χ1v) is 6.26. The van der Waals surface area contributed by atoms with Gasteiger partial charge in [-0.3, -0.25) is 10.1 Å². The van der Waals surface area contributed by atoms with E-state index in [9.17, 15) is 10.1 Å². The number of hydrogen-bond acceptors (Lipinski definition) is 5. The molecule has 0 bridgehead atoms. The van der Waals surface area contributed by atoms with Crippen molar-refractivity contribution in [2.24, 2.45) is 0 Å². The van der Waals surface area contributed by atoms with Crippen molar-refractivity contribution in [1.29, 1.82) is 0 Å². The fourth-order valence-corrected chi connectivity index (χ4v) is 1.82. The molecule has 0 aliphatic heterocycles. The van der Waals surface area contributed by atoms with Gasteiger partial charge in [-0.2, -0.15) is 4.98 Å². The molecule has 0 amide bonds. The third-order valence-corrected chi connectivity index (χ3v) is 3.17. The van der Waals surface area contributed by atoms with Gasteiger partial charge in [-0.25, -0.2) is 4.98 Å². The van der Waals surface area contributed by atoms with Crippen LogP contribution in [0.1, 0.15) is 11.4 Å². The molecule has 0 fully saturated rings. The van der Waals surface area contributed by atoms with Crippen LogP contribution in [0.25, 0.3) is 0 Å². The van der Waals surface area contributed by atoms with Crippen LogP contribution in [-0.2, 0) is 0 Å². The summed E-state index contributed by atoms with van der Waals surface area (Å²) in [6, 6.07) is 3.91. The van der Waals surface area contributed by atoms with Crippen molar-refractivity contribution < 1.29 is 9.66 Å².